The molecule has 122 valence electrons. The third kappa shape index (κ3) is 4.30. The SMILES string of the molecule is C#Cc1ccc(C(=O)N(CCCC)C(=O)N(C)C)cc1[N+](=O)[O-]. The van der Waals surface area contributed by atoms with Crippen LogP contribution in [0.5, 0.6) is 0 Å². The predicted molar refractivity (Wildman–Crippen MR) is 86.1 cm³/mol. The Morgan fingerprint density at radius 2 is 2.00 bits per heavy atom. The van der Waals surface area contributed by atoms with Crippen LogP contribution in [0.2, 0.25) is 0 Å². The van der Waals surface area contributed by atoms with Crippen LogP contribution in [0.15, 0.2) is 18.2 Å². The number of rotatable bonds is 5. The van der Waals surface area contributed by atoms with E-state index in [4.69, 9.17) is 6.42 Å². The topological polar surface area (TPSA) is 83.8 Å². The number of amides is 3. The Balaban J connectivity index is 3.23. The molecule has 3 amide bonds. The van der Waals surface area contributed by atoms with E-state index in [1.807, 2.05) is 6.92 Å². The minimum Gasteiger partial charge on any atom is -0.330 e. The number of nitro benzene ring substituents is 1. The molecular weight excluding hydrogens is 298 g/mol. The van der Waals surface area contributed by atoms with E-state index in [-0.39, 0.29) is 23.4 Å². The Morgan fingerprint density at radius 3 is 2.48 bits per heavy atom. The number of hydrogen-bond acceptors (Lipinski definition) is 4. The van der Waals surface area contributed by atoms with Crippen LogP contribution >= 0.6 is 0 Å². The van der Waals surface area contributed by atoms with Gasteiger partial charge in [-0.1, -0.05) is 19.3 Å². The van der Waals surface area contributed by atoms with Gasteiger partial charge in [-0.15, -0.1) is 6.42 Å². The molecule has 0 bridgehead atoms. The van der Waals surface area contributed by atoms with Crippen molar-refractivity contribution >= 4 is 17.6 Å². The first-order valence-electron chi connectivity index (χ1n) is 7.11. The molecule has 23 heavy (non-hydrogen) atoms. The Morgan fingerprint density at radius 1 is 1.35 bits per heavy atom. The van der Waals surface area contributed by atoms with E-state index in [2.05, 4.69) is 5.92 Å². The average Bonchev–Trinajstić information content (AvgIpc) is 2.53. The van der Waals surface area contributed by atoms with Crippen molar-refractivity contribution in [3.8, 4) is 12.3 Å². The highest BCUT2D eigenvalue weighted by Gasteiger charge is 2.25. The van der Waals surface area contributed by atoms with Gasteiger partial charge in [-0.2, -0.15) is 0 Å². The van der Waals surface area contributed by atoms with Gasteiger partial charge in [0.1, 0.15) is 5.56 Å². The van der Waals surface area contributed by atoms with Gasteiger partial charge in [-0.05, 0) is 18.6 Å². The van der Waals surface area contributed by atoms with Gasteiger partial charge in [0.25, 0.3) is 11.6 Å². The molecule has 0 atom stereocenters. The first-order valence-corrected chi connectivity index (χ1v) is 7.11. The number of imide groups is 1. The van der Waals surface area contributed by atoms with Crippen molar-refractivity contribution in [2.45, 2.75) is 19.8 Å². The van der Waals surface area contributed by atoms with Gasteiger partial charge in [-0.25, -0.2) is 4.79 Å². The summed E-state index contributed by atoms with van der Waals surface area (Å²) in [5.41, 5.74) is -0.182. The van der Waals surface area contributed by atoms with Crippen LogP contribution in [0.4, 0.5) is 10.5 Å². The first-order chi connectivity index (χ1) is 10.8. The number of hydrogen-bond donors (Lipinski definition) is 0. The quantitative estimate of drug-likeness (QED) is 0.474. The molecule has 1 aromatic rings. The van der Waals surface area contributed by atoms with E-state index in [0.717, 1.165) is 17.4 Å². The lowest BCUT2D eigenvalue weighted by atomic mass is 10.1. The van der Waals surface area contributed by atoms with Crippen molar-refractivity contribution in [2.24, 2.45) is 0 Å². The second-order valence-corrected chi connectivity index (χ2v) is 5.12. The second kappa shape index (κ2) is 7.94. The lowest BCUT2D eigenvalue weighted by Crippen LogP contribution is -2.43. The number of carbonyl (C=O) groups is 2. The highest BCUT2D eigenvalue weighted by Crippen LogP contribution is 2.21. The molecular formula is C16H19N3O4. The van der Waals surface area contributed by atoms with Gasteiger partial charge < -0.3 is 4.90 Å². The zero-order valence-corrected chi connectivity index (χ0v) is 13.4. The highest BCUT2D eigenvalue weighted by atomic mass is 16.6. The zero-order chi connectivity index (χ0) is 17.6. The van der Waals surface area contributed by atoms with Gasteiger partial charge in [0, 0.05) is 32.3 Å². The van der Waals surface area contributed by atoms with Crippen LogP contribution in [0, 0.1) is 22.5 Å². The van der Waals surface area contributed by atoms with Crippen LogP contribution in [-0.4, -0.2) is 47.3 Å². The molecule has 0 spiro atoms. The fraction of sp³-hybridized carbons (Fsp3) is 0.375. The second-order valence-electron chi connectivity index (χ2n) is 5.12. The summed E-state index contributed by atoms with van der Waals surface area (Å²) in [7, 11) is 3.08. The first kappa shape index (κ1) is 18.2. The van der Waals surface area contributed by atoms with Crippen LogP contribution in [0.3, 0.4) is 0 Å². The normalized spacial score (nSPS) is 9.83. The summed E-state index contributed by atoms with van der Waals surface area (Å²) in [6, 6.07) is 3.38. The lowest BCUT2D eigenvalue weighted by molar-refractivity contribution is -0.385. The van der Waals surface area contributed by atoms with Crippen LogP contribution in [-0.2, 0) is 0 Å². The standard InChI is InChI=1S/C16H19N3O4/c1-5-7-10-18(16(21)17(3)4)15(20)13-9-8-12(6-2)14(11-13)19(22)23/h2,8-9,11H,5,7,10H2,1,3-4H3. The number of carbonyl (C=O) groups excluding carboxylic acids is 2. The molecule has 0 radical (unpaired) electrons. The predicted octanol–water partition coefficient (Wildman–Crippen LogP) is 2.50. The Hall–Kier alpha value is -2.88. The molecule has 0 fully saturated rings. The molecule has 0 aliphatic rings. The van der Waals surface area contributed by atoms with Crippen molar-refractivity contribution in [1.29, 1.82) is 0 Å². The van der Waals surface area contributed by atoms with E-state index in [0.29, 0.717) is 6.42 Å². The van der Waals surface area contributed by atoms with Gasteiger partial charge >= 0.3 is 6.03 Å². The van der Waals surface area contributed by atoms with Crippen molar-refractivity contribution in [1.82, 2.24) is 9.80 Å². The van der Waals surface area contributed by atoms with Crippen molar-refractivity contribution < 1.29 is 14.5 Å². The summed E-state index contributed by atoms with van der Waals surface area (Å²) < 4.78 is 0. The molecule has 0 saturated heterocycles. The zero-order valence-electron chi connectivity index (χ0n) is 13.4. The largest absolute Gasteiger partial charge is 0.330 e. The van der Waals surface area contributed by atoms with E-state index in [1.165, 1.54) is 17.0 Å². The van der Waals surface area contributed by atoms with Crippen molar-refractivity contribution in [3.63, 3.8) is 0 Å². The van der Waals surface area contributed by atoms with E-state index in [1.54, 1.807) is 14.1 Å². The number of unbranched alkanes of at least 4 members (excludes halogenated alkanes) is 1. The summed E-state index contributed by atoms with van der Waals surface area (Å²) in [6.07, 6.45) is 6.67. The van der Waals surface area contributed by atoms with Gasteiger partial charge in [-0.3, -0.25) is 19.8 Å². The van der Waals surface area contributed by atoms with Crippen molar-refractivity contribution in [3.05, 3.63) is 39.4 Å². The number of urea groups is 1. The monoisotopic (exact) mass is 317 g/mol. The van der Waals surface area contributed by atoms with E-state index >= 15 is 0 Å². The number of nitrogens with zero attached hydrogens (tertiary/aromatic N) is 3. The Bertz CT molecular complexity index is 662. The molecule has 1 rings (SSSR count). The maximum absolute atomic E-state index is 12.6. The molecule has 0 N–H and O–H groups in total. The third-order valence-corrected chi connectivity index (χ3v) is 3.19. The summed E-state index contributed by atoms with van der Waals surface area (Å²) in [5, 5.41) is 11.0. The Labute approximate surface area is 135 Å². The van der Waals surface area contributed by atoms with Gasteiger partial charge in [0.15, 0.2) is 0 Å². The molecule has 7 nitrogen and oxygen atoms in total. The minimum atomic E-state index is -0.643. The summed E-state index contributed by atoms with van der Waals surface area (Å²) in [6.45, 7) is 2.19. The van der Waals surface area contributed by atoms with Crippen LogP contribution in [0.1, 0.15) is 35.7 Å². The number of nitro groups is 1. The molecule has 0 aromatic heterocycles. The molecule has 7 heteroatoms. The van der Waals surface area contributed by atoms with Crippen LogP contribution < -0.4 is 0 Å². The maximum Gasteiger partial charge on any atom is 0.326 e. The lowest BCUT2D eigenvalue weighted by Gasteiger charge is -2.24. The van der Waals surface area contributed by atoms with Crippen molar-refractivity contribution in [2.75, 3.05) is 20.6 Å². The van der Waals surface area contributed by atoms with E-state index in [9.17, 15) is 19.7 Å². The number of benzene rings is 1. The molecule has 0 unspecified atom stereocenters. The molecule has 1 aromatic carbocycles. The van der Waals surface area contributed by atoms with Gasteiger partial charge in [0.05, 0.1) is 4.92 Å². The minimum absolute atomic E-state index is 0.0574. The third-order valence-electron chi connectivity index (χ3n) is 3.19. The van der Waals surface area contributed by atoms with E-state index < -0.39 is 16.9 Å². The summed E-state index contributed by atoms with van der Waals surface area (Å²) >= 11 is 0. The summed E-state index contributed by atoms with van der Waals surface area (Å²) in [5.74, 6) is 1.63. The number of terminal acetylenes is 1. The maximum atomic E-state index is 12.6. The van der Waals surface area contributed by atoms with Gasteiger partial charge in [0.2, 0.25) is 0 Å². The molecule has 0 aliphatic heterocycles. The fourth-order valence-corrected chi connectivity index (χ4v) is 1.94. The molecule has 0 saturated carbocycles. The fourth-order valence-electron chi connectivity index (χ4n) is 1.94. The molecule has 0 heterocycles. The molecule has 0 aliphatic carbocycles. The Kier molecular flexibility index (Phi) is 6.27. The average molecular weight is 317 g/mol. The smallest absolute Gasteiger partial charge is 0.326 e. The highest BCUT2D eigenvalue weighted by molar-refractivity contribution is 6.04. The summed E-state index contributed by atoms with van der Waals surface area (Å²) in [4.78, 5) is 37.5. The van der Waals surface area contributed by atoms with Crippen LogP contribution in [0.25, 0.3) is 0 Å².